The zero-order valence-electron chi connectivity index (χ0n) is 13.7. The maximum atomic E-state index is 12.5. The van der Waals surface area contributed by atoms with Crippen molar-refractivity contribution >= 4 is 5.91 Å². The topological polar surface area (TPSA) is 43.8 Å². The first-order valence-electron chi connectivity index (χ1n) is 8.08. The lowest BCUT2D eigenvalue weighted by molar-refractivity contribution is -0.138. The maximum Gasteiger partial charge on any atom is 0.225 e. The molecular formula is C16H32N2O2. The summed E-state index contributed by atoms with van der Waals surface area (Å²) in [6.07, 6.45) is 5.75. The number of aliphatic hydroxyl groups is 1. The van der Waals surface area contributed by atoms with Gasteiger partial charge in [-0.15, -0.1) is 0 Å². The van der Waals surface area contributed by atoms with Gasteiger partial charge in [-0.05, 0) is 39.3 Å². The van der Waals surface area contributed by atoms with Gasteiger partial charge in [-0.25, -0.2) is 0 Å². The molecule has 1 atom stereocenters. The van der Waals surface area contributed by atoms with E-state index in [2.05, 4.69) is 25.8 Å². The molecule has 0 aromatic carbocycles. The monoisotopic (exact) mass is 284 g/mol. The quantitative estimate of drug-likeness (QED) is 0.780. The molecule has 0 aliphatic carbocycles. The van der Waals surface area contributed by atoms with Crippen LogP contribution in [0.5, 0.6) is 0 Å². The van der Waals surface area contributed by atoms with Crippen LogP contribution in [-0.4, -0.2) is 59.6 Å². The van der Waals surface area contributed by atoms with Gasteiger partial charge in [-0.2, -0.15) is 0 Å². The van der Waals surface area contributed by atoms with E-state index < -0.39 is 5.60 Å². The second-order valence-corrected chi connectivity index (χ2v) is 6.46. The van der Waals surface area contributed by atoms with Crippen molar-refractivity contribution in [1.29, 1.82) is 0 Å². The predicted octanol–water partition coefficient (Wildman–Crippen LogP) is 2.26. The summed E-state index contributed by atoms with van der Waals surface area (Å²) in [6, 6.07) is 0.300. The highest BCUT2D eigenvalue weighted by atomic mass is 16.3. The third-order valence-electron chi connectivity index (χ3n) is 4.45. The van der Waals surface area contributed by atoms with Gasteiger partial charge in [0.25, 0.3) is 0 Å². The fraction of sp³-hybridized carbons (Fsp3) is 0.938. The summed E-state index contributed by atoms with van der Waals surface area (Å²) in [7, 11) is 4.00. The Morgan fingerprint density at radius 3 is 2.45 bits per heavy atom. The third kappa shape index (κ3) is 5.06. The molecule has 1 unspecified atom stereocenters. The highest BCUT2D eigenvalue weighted by molar-refractivity contribution is 5.77. The van der Waals surface area contributed by atoms with Crippen LogP contribution in [0.2, 0.25) is 0 Å². The van der Waals surface area contributed by atoms with Crippen LogP contribution in [0.15, 0.2) is 0 Å². The lowest BCUT2D eigenvalue weighted by atomic mass is 9.88. The molecule has 1 saturated heterocycles. The number of likely N-dealkylation sites (tertiary alicyclic amines) is 1. The summed E-state index contributed by atoms with van der Waals surface area (Å²) in [6.45, 7) is 6.19. The number of hydrogen-bond acceptors (Lipinski definition) is 3. The second kappa shape index (κ2) is 7.99. The number of carbonyl (C=O) groups is 1. The van der Waals surface area contributed by atoms with Crippen molar-refractivity contribution in [2.24, 2.45) is 0 Å². The van der Waals surface area contributed by atoms with Crippen molar-refractivity contribution in [2.45, 2.75) is 70.4 Å². The van der Waals surface area contributed by atoms with E-state index in [4.69, 9.17) is 0 Å². The molecule has 0 spiro atoms. The van der Waals surface area contributed by atoms with Gasteiger partial charge < -0.3 is 14.9 Å². The molecular weight excluding hydrogens is 252 g/mol. The number of amides is 1. The van der Waals surface area contributed by atoms with Gasteiger partial charge in [0.05, 0.1) is 12.0 Å². The van der Waals surface area contributed by atoms with E-state index in [1.54, 1.807) is 0 Å². The number of hydrogen-bond donors (Lipinski definition) is 1. The van der Waals surface area contributed by atoms with Crippen molar-refractivity contribution in [1.82, 2.24) is 9.80 Å². The number of rotatable bonds is 7. The van der Waals surface area contributed by atoms with Crippen molar-refractivity contribution in [3.05, 3.63) is 0 Å². The minimum absolute atomic E-state index is 0.0923. The largest absolute Gasteiger partial charge is 0.389 e. The first-order valence-corrected chi connectivity index (χ1v) is 8.08. The molecule has 0 radical (unpaired) electrons. The number of nitrogens with zero attached hydrogens (tertiary/aromatic N) is 2. The summed E-state index contributed by atoms with van der Waals surface area (Å²) < 4.78 is 0. The van der Waals surface area contributed by atoms with E-state index >= 15 is 0 Å². The van der Waals surface area contributed by atoms with Gasteiger partial charge in [0.2, 0.25) is 5.91 Å². The van der Waals surface area contributed by atoms with Crippen LogP contribution in [0.3, 0.4) is 0 Å². The van der Waals surface area contributed by atoms with E-state index in [-0.39, 0.29) is 12.3 Å². The number of carbonyl (C=O) groups excluding carboxylic acids is 1. The summed E-state index contributed by atoms with van der Waals surface area (Å²) in [4.78, 5) is 16.6. The van der Waals surface area contributed by atoms with Crippen LogP contribution in [0.4, 0.5) is 0 Å². The minimum atomic E-state index is -0.810. The highest BCUT2D eigenvalue weighted by Gasteiger charge is 2.32. The molecule has 4 nitrogen and oxygen atoms in total. The molecule has 1 aliphatic rings. The van der Waals surface area contributed by atoms with Crippen LogP contribution in [0.1, 0.15) is 58.8 Å². The minimum Gasteiger partial charge on any atom is -0.389 e. The van der Waals surface area contributed by atoms with Crippen molar-refractivity contribution in [3.8, 4) is 0 Å². The fourth-order valence-corrected chi connectivity index (χ4v) is 3.30. The van der Waals surface area contributed by atoms with E-state index in [0.29, 0.717) is 18.9 Å². The molecule has 0 aromatic heterocycles. The molecule has 1 rings (SSSR count). The highest BCUT2D eigenvalue weighted by Crippen LogP contribution is 2.25. The predicted molar refractivity (Wildman–Crippen MR) is 82.7 cm³/mol. The van der Waals surface area contributed by atoms with Gasteiger partial charge in [0, 0.05) is 19.6 Å². The van der Waals surface area contributed by atoms with Crippen molar-refractivity contribution in [3.63, 3.8) is 0 Å². The lowest BCUT2D eigenvalue weighted by Gasteiger charge is -2.37. The van der Waals surface area contributed by atoms with E-state index in [1.807, 2.05) is 11.9 Å². The lowest BCUT2D eigenvalue weighted by Crippen LogP contribution is -2.49. The van der Waals surface area contributed by atoms with Gasteiger partial charge in [-0.3, -0.25) is 4.79 Å². The van der Waals surface area contributed by atoms with E-state index in [1.165, 1.54) is 0 Å². The average molecular weight is 284 g/mol. The van der Waals surface area contributed by atoms with Crippen molar-refractivity contribution in [2.75, 3.05) is 27.2 Å². The Morgan fingerprint density at radius 2 is 1.95 bits per heavy atom. The molecule has 1 N–H and O–H groups in total. The molecule has 1 aliphatic heterocycles. The van der Waals surface area contributed by atoms with Crippen LogP contribution in [0.25, 0.3) is 0 Å². The first-order chi connectivity index (χ1) is 9.41. The Labute approximate surface area is 124 Å². The Bertz CT molecular complexity index is 301. The third-order valence-corrected chi connectivity index (χ3v) is 4.45. The van der Waals surface area contributed by atoms with E-state index in [9.17, 15) is 9.90 Å². The van der Waals surface area contributed by atoms with Crippen LogP contribution >= 0.6 is 0 Å². The molecule has 1 fully saturated rings. The Morgan fingerprint density at radius 1 is 1.35 bits per heavy atom. The fourth-order valence-electron chi connectivity index (χ4n) is 3.30. The molecule has 4 heteroatoms. The normalized spacial score (nSPS) is 20.9. The molecule has 118 valence electrons. The standard InChI is InChI=1S/C16H32N2O2/c1-5-9-16(20,10-6-2)12-15(19)18(4)14-8-7-11-17(3)13-14/h14,20H,5-13H2,1-4H3. The van der Waals surface area contributed by atoms with Gasteiger partial charge in [0.15, 0.2) is 0 Å². The summed E-state index contributed by atoms with van der Waals surface area (Å²) in [5.41, 5.74) is -0.810. The number of likely N-dealkylation sites (N-methyl/N-ethyl adjacent to an activating group) is 2. The van der Waals surface area contributed by atoms with Crippen molar-refractivity contribution < 1.29 is 9.90 Å². The van der Waals surface area contributed by atoms with Gasteiger partial charge in [-0.1, -0.05) is 26.7 Å². The summed E-state index contributed by atoms with van der Waals surface area (Å²) in [5, 5.41) is 10.6. The van der Waals surface area contributed by atoms with Gasteiger partial charge in [0.1, 0.15) is 0 Å². The van der Waals surface area contributed by atoms with Crippen LogP contribution in [0, 0.1) is 0 Å². The maximum absolute atomic E-state index is 12.5. The second-order valence-electron chi connectivity index (χ2n) is 6.46. The molecule has 1 heterocycles. The molecule has 0 bridgehead atoms. The molecule has 0 saturated carbocycles. The smallest absolute Gasteiger partial charge is 0.225 e. The molecule has 0 aromatic rings. The SMILES string of the molecule is CCCC(O)(CCC)CC(=O)N(C)C1CCCN(C)C1. The van der Waals surface area contributed by atoms with E-state index in [0.717, 1.165) is 38.8 Å². The number of piperidine rings is 1. The molecule has 20 heavy (non-hydrogen) atoms. The summed E-state index contributed by atoms with van der Waals surface area (Å²) in [5.74, 6) is 0.0923. The van der Waals surface area contributed by atoms with Crippen LogP contribution < -0.4 is 0 Å². The Balaban J connectivity index is 2.58. The zero-order valence-corrected chi connectivity index (χ0v) is 13.7. The Kier molecular flexibility index (Phi) is 6.96. The molecule has 1 amide bonds. The van der Waals surface area contributed by atoms with Crippen LogP contribution in [-0.2, 0) is 4.79 Å². The zero-order chi connectivity index (χ0) is 15.2. The Hall–Kier alpha value is -0.610. The average Bonchev–Trinajstić information content (AvgIpc) is 2.38. The van der Waals surface area contributed by atoms with Gasteiger partial charge >= 0.3 is 0 Å². The summed E-state index contributed by atoms with van der Waals surface area (Å²) >= 11 is 0. The first kappa shape index (κ1) is 17.4.